The van der Waals surface area contributed by atoms with Gasteiger partial charge in [0, 0.05) is 12.4 Å². The van der Waals surface area contributed by atoms with Crippen LogP contribution in [-0.4, -0.2) is 30.4 Å². The summed E-state index contributed by atoms with van der Waals surface area (Å²) >= 11 is 5.85. The van der Waals surface area contributed by atoms with E-state index < -0.39 is 17.9 Å². The number of hydrogen-bond donors (Lipinski definition) is 1. The van der Waals surface area contributed by atoms with E-state index in [1.54, 1.807) is 37.4 Å². The van der Waals surface area contributed by atoms with Crippen LogP contribution in [0.5, 0.6) is 0 Å². The van der Waals surface area contributed by atoms with Crippen LogP contribution in [0.3, 0.4) is 0 Å². The average Bonchev–Trinajstić information content (AvgIpc) is 3.28. The first-order valence-corrected chi connectivity index (χ1v) is 8.29. The number of amides is 1. The van der Waals surface area contributed by atoms with Crippen LogP contribution in [-0.2, 0) is 0 Å². The highest BCUT2D eigenvalue weighted by atomic mass is 35.5. The van der Waals surface area contributed by atoms with Crippen LogP contribution >= 0.6 is 11.6 Å². The van der Waals surface area contributed by atoms with Gasteiger partial charge in [-0.25, -0.2) is 4.98 Å². The molecule has 27 heavy (non-hydrogen) atoms. The third-order valence-electron chi connectivity index (χ3n) is 3.79. The van der Waals surface area contributed by atoms with Crippen molar-refractivity contribution in [2.75, 3.05) is 0 Å². The van der Waals surface area contributed by atoms with E-state index in [0.717, 1.165) is 4.40 Å². The fourth-order valence-corrected chi connectivity index (χ4v) is 2.63. The van der Waals surface area contributed by atoms with Crippen molar-refractivity contribution in [2.45, 2.75) is 13.0 Å². The van der Waals surface area contributed by atoms with Crippen LogP contribution in [0.15, 0.2) is 47.2 Å². The maximum Gasteiger partial charge on any atom is 0.275 e. The third-order valence-corrected chi connectivity index (χ3v) is 4.02. The Bertz CT molecular complexity index is 1130. The number of aromatic nitrogens is 5. The van der Waals surface area contributed by atoms with Gasteiger partial charge < -0.3 is 9.84 Å². The molecule has 4 aromatic rings. The molecule has 10 heteroatoms. The highest BCUT2D eigenvalue weighted by molar-refractivity contribution is 6.30. The third kappa shape index (κ3) is 3.24. The first kappa shape index (κ1) is 17.1. The van der Waals surface area contributed by atoms with Gasteiger partial charge in [0.1, 0.15) is 17.4 Å². The summed E-state index contributed by atoms with van der Waals surface area (Å²) in [4.78, 5) is 24.8. The minimum absolute atomic E-state index is 0.163. The Morgan fingerprint density at radius 1 is 1.30 bits per heavy atom. The second-order valence-corrected chi connectivity index (χ2v) is 6.13. The second kappa shape index (κ2) is 6.76. The molecule has 1 N–H and O–H groups in total. The molecule has 0 unspecified atom stereocenters. The number of carbonyl (C=O) groups excluding carboxylic acids is 1. The van der Waals surface area contributed by atoms with Gasteiger partial charge in [-0.3, -0.25) is 14.2 Å². The largest absolute Gasteiger partial charge is 0.339 e. The first-order valence-electron chi connectivity index (χ1n) is 7.92. The summed E-state index contributed by atoms with van der Waals surface area (Å²) in [6.07, 6.45) is 2.95. The van der Waals surface area contributed by atoms with Gasteiger partial charge in [-0.15, -0.1) is 0 Å². The molecule has 136 valence electrons. The lowest BCUT2D eigenvalue weighted by Crippen LogP contribution is -2.28. The van der Waals surface area contributed by atoms with Gasteiger partial charge in [0.05, 0.1) is 5.02 Å². The number of nitrogens with zero attached hydrogens (tertiary/aromatic N) is 5. The van der Waals surface area contributed by atoms with Crippen molar-refractivity contribution < 1.29 is 13.7 Å². The van der Waals surface area contributed by atoms with E-state index >= 15 is 0 Å². The molecule has 0 spiro atoms. The molecule has 1 amide bonds. The number of halogens is 2. The van der Waals surface area contributed by atoms with Crippen molar-refractivity contribution in [3.63, 3.8) is 0 Å². The summed E-state index contributed by atoms with van der Waals surface area (Å²) < 4.78 is 20.7. The summed E-state index contributed by atoms with van der Waals surface area (Å²) in [5.74, 6) is -1.06. The standard InChI is InChI=1S/C17H12ClFN6O2/c1-9(17-23-15(24-27-17)11-4-2-3-7-20-11)21-16(26)13-14(19)25-8-10(18)5-6-12(25)22-13/h2-9H,1H3,(H,21,26)/t9-/m1/s1. The molecule has 0 aliphatic rings. The Balaban J connectivity index is 1.55. The quantitative estimate of drug-likeness (QED) is 0.578. The molecular formula is C17H12ClFN6O2. The van der Waals surface area contributed by atoms with Crippen molar-refractivity contribution in [3.8, 4) is 11.5 Å². The van der Waals surface area contributed by atoms with Gasteiger partial charge >= 0.3 is 0 Å². The van der Waals surface area contributed by atoms with Gasteiger partial charge in [0.15, 0.2) is 5.69 Å². The highest BCUT2D eigenvalue weighted by Crippen LogP contribution is 2.19. The number of rotatable bonds is 4. The van der Waals surface area contributed by atoms with Crippen molar-refractivity contribution in [3.05, 3.63) is 65.3 Å². The van der Waals surface area contributed by atoms with Crippen LogP contribution in [0.2, 0.25) is 5.02 Å². The highest BCUT2D eigenvalue weighted by Gasteiger charge is 2.23. The van der Waals surface area contributed by atoms with E-state index in [-0.39, 0.29) is 17.2 Å². The van der Waals surface area contributed by atoms with Crippen molar-refractivity contribution in [2.24, 2.45) is 0 Å². The zero-order valence-electron chi connectivity index (χ0n) is 13.9. The molecule has 0 bridgehead atoms. The molecular weight excluding hydrogens is 375 g/mol. The number of hydrogen-bond acceptors (Lipinski definition) is 6. The Morgan fingerprint density at radius 2 is 2.15 bits per heavy atom. The number of pyridine rings is 2. The van der Waals surface area contributed by atoms with Crippen LogP contribution in [0.1, 0.15) is 29.3 Å². The van der Waals surface area contributed by atoms with Gasteiger partial charge in [0.25, 0.3) is 5.91 Å². The molecule has 0 aromatic carbocycles. The molecule has 8 nitrogen and oxygen atoms in total. The van der Waals surface area contributed by atoms with Crippen molar-refractivity contribution >= 4 is 23.2 Å². The molecule has 4 heterocycles. The predicted molar refractivity (Wildman–Crippen MR) is 93.6 cm³/mol. The summed E-state index contributed by atoms with van der Waals surface area (Å²) in [6.45, 7) is 1.64. The monoisotopic (exact) mass is 386 g/mol. The van der Waals surface area contributed by atoms with E-state index in [9.17, 15) is 9.18 Å². The summed E-state index contributed by atoms with van der Waals surface area (Å²) in [5.41, 5.74) is 0.452. The smallest absolute Gasteiger partial charge is 0.275 e. The lowest BCUT2D eigenvalue weighted by Gasteiger charge is -2.07. The normalized spacial score (nSPS) is 12.3. The van der Waals surface area contributed by atoms with E-state index in [1.165, 1.54) is 12.3 Å². The Hall–Kier alpha value is -3.33. The van der Waals surface area contributed by atoms with E-state index in [4.69, 9.17) is 16.1 Å². The minimum atomic E-state index is -0.808. The fourth-order valence-electron chi connectivity index (χ4n) is 2.47. The van der Waals surface area contributed by atoms with Crippen LogP contribution in [0.4, 0.5) is 4.39 Å². The molecule has 0 aliphatic carbocycles. The molecule has 0 aliphatic heterocycles. The second-order valence-electron chi connectivity index (χ2n) is 5.69. The summed E-state index contributed by atoms with van der Waals surface area (Å²) in [5, 5.41) is 6.76. The maximum absolute atomic E-state index is 14.5. The summed E-state index contributed by atoms with van der Waals surface area (Å²) in [6, 6.07) is 7.71. The van der Waals surface area contributed by atoms with Gasteiger partial charge in [-0.05, 0) is 31.2 Å². The Morgan fingerprint density at radius 3 is 2.93 bits per heavy atom. The van der Waals surface area contributed by atoms with Crippen molar-refractivity contribution in [1.82, 2.24) is 29.8 Å². The van der Waals surface area contributed by atoms with E-state index in [2.05, 4.69) is 25.4 Å². The maximum atomic E-state index is 14.5. The van der Waals surface area contributed by atoms with Gasteiger partial charge in [0.2, 0.25) is 17.7 Å². The molecule has 4 aromatic heterocycles. The summed E-state index contributed by atoms with van der Waals surface area (Å²) in [7, 11) is 0. The molecule has 0 saturated heterocycles. The van der Waals surface area contributed by atoms with Gasteiger partial charge in [-0.2, -0.15) is 9.37 Å². The lowest BCUT2D eigenvalue weighted by molar-refractivity contribution is 0.0923. The fraction of sp³-hybridized carbons (Fsp3) is 0.118. The number of carbonyl (C=O) groups is 1. The molecule has 1 atom stereocenters. The number of fused-ring (bicyclic) bond motifs is 1. The predicted octanol–water partition coefficient (Wildman–Crippen LogP) is 3.06. The zero-order valence-corrected chi connectivity index (χ0v) is 14.7. The first-order chi connectivity index (χ1) is 13.0. The van der Waals surface area contributed by atoms with Crippen LogP contribution in [0, 0.1) is 5.95 Å². The van der Waals surface area contributed by atoms with E-state index in [0.29, 0.717) is 16.5 Å². The SMILES string of the molecule is C[C@@H](NC(=O)c1nc2ccc(Cl)cn2c1F)c1nc(-c2ccccn2)no1. The zero-order chi connectivity index (χ0) is 19.0. The number of imidazole rings is 1. The average molecular weight is 387 g/mol. The lowest BCUT2D eigenvalue weighted by atomic mass is 10.3. The number of nitrogens with one attached hydrogen (secondary N) is 1. The van der Waals surface area contributed by atoms with Gasteiger partial charge in [-0.1, -0.05) is 22.8 Å². The Labute approximate surface area is 157 Å². The minimum Gasteiger partial charge on any atom is -0.339 e. The van der Waals surface area contributed by atoms with Crippen molar-refractivity contribution in [1.29, 1.82) is 0 Å². The topological polar surface area (TPSA) is 98.2 Å². The van der Waals surface area contributed by atoms with Crippen LogP contribution in [0.25, 0.3) is 17.2 Å². The molecule has 4 rings (SSSR count). The Kier molecular flexibility index (Phi) is 4.28. The molecule has 0 fully saturated rings. The van der Waals surface area contributed by atoms with E-state index in [1.807, 2.05) is 0 Å². The van der Waals surface area contributed by atoms with Crippen LogP contribution < -0.4 is 5.32 Å². The molecule has 0 radical (unpaired) electrons. The molecule has 0 saturated carbocycles.